The molecule has 0 N–H and O–H groups in total. The molecule has 1 atom stereocenters. The number of nitrogens with zero attached hydrogens (tertiary/aromatic N) is 1. The molecule has 0 fully saturated rings. The number of hydrogen-bond acceptors (Lipinski definition) is 3. The second-order valence-corrected chi connectivity index (χ2v) is 12.6. The smallest absolute Gasteiger partial charge is 0.141 e. The van der Waals surface area contributed by atoms with Crippen LogP contribution in [0, 0.1) is 0 Å². The molecule has 2 aliphatic heterocycles. The van der Waals surface area contributed by atoms with E-state index in [0.717, 1.165) is 67.0 Å². The summed E-state index contributed by atoms with van der Waals surface area (Å²) in [5, 5.41) is 8.20. The fraction of sp³-hybridized carbons (Fsp3) is 0. The van der Waals surface area contributed by atoms with Crippen LogP contribution in [0.2, 0.25) is 0 Å². The van der Waals surface area contributed by atoms with Crippen molar-refractivity contribution >= 4 is 67.6 Å². The lowest BCUT2D eigenvalue weighted by molar-refractivity contribution is 0.466. The lowest BCUT2D eigenvalue weighted by Crippen LogP contribution is -2.32. The predicted octanol–water partition coefficient (Wildman–Crippen LogP) is 8.65. The zero-order valence-corrected chi connectivity index (χ0v) is 22.6. The molecule has 5 heteroatoms. The quantitative estimate of drug-likeness (QED) is 0.194. The summed E-state index contributed by atoms with van der Waals surface area (Å²) in [5.74, 6) is 3.47. The maximum Gasteiger partial charge on any atom is 0.141 e. The van der Waals surface area contributed by atoms with Gasteiger partial charge >= 0.3 is 0 Å². The van der Waals surface area contributed by atoms with Crippen molar-refractivity contribution in [3.63, 3.8) is 0 Å². The number of furan rings is 1. The van der Waals surface area contributed by atoms with Crippen LogP contribution in [0.4, 0.5) is 0 Å². The van der Waals surface area contributed by atoms with E-state index in [2.05, 4.69) is 102 Å². The number of benzene rings is 6. The van der Waals surface area contributed by atoms with Crippen LogP contribution in [-0.4, -0.2) is 4.57 Å². The Bertz CT molecular complexity index is 2330. The van der Waals surface area contributed by atoms with Gasteiger partial charge in [0.1, 0.15) is 34.2 Å². The van der Waals surface area contributed by atoms with Crippen LogP contribution in [0.5, 0.6) is 23.0 Å². The third kappa shape index (κ3) is 2.82. The number of rotatable bonds is 1. The van der Waals surface area contributed by atoms with Crippen molar-refractivity contribution < 1.29 is 13.9 Å². The van der Waals surface area contributed by atoms with Crippen molar-refractivity contribution in [2.24, 2.45) is 0 Å². The van der Waals surface area contributed by atoms with Gasteiger partial charge in [-0.05, 0) is 36.4 Å². The molecule has 2 aromatic heterocycles. The number of para-hydroxylation sites is 4. The Labute approximate surface area is 235 Å². The molecule has 6 aromatic carbocycles. The average molecular weight is 546 g/mol. The Morgan fingerprint density at radius 3 is 1.90 bits per heavy atom. The third-order valence-corrected chi connectivity index (χ3v) is 11.0. The minimum atomic E-state index is -0.957. The van der Waals surface area contributed by atoms with E-state index < -0.39 is 7.92 Å². The summed E-state index contributed by atoms with van der Waals surface area (Å²) in [7, 11) is -0.957. The molecular weight excluding hydrogens is 525 g/mol. The standard InChI is InChI=1S/C36H20NO3P/c1-4-12-25-22(9-1)23-10-2-5-13-26(23)37(25)21-19-31-35-32(20-21)40-30-18-17-29-34(24-11-3-6-14-27(24)38-29)36(30)41(35)33-16-8-7-15-28(33)39-31/h1-20H. The summed E-state index contributed by atoms with van der Waals surface area (Å²) in [6.07, 6.45) is 0. The second-order valence-electron chi connectivity index (χ2n) is 10.6. The van der Waals surface area contributed by atoms with Crippen molar-refractivity contribution in [2.45, 2.75) is 0 Å². The normalized spacial score (nSPS) is 15.0. The van der Waals surface area contributed by atoms with E-state index in [-0.39, 0.29) is 0 Å². The molecule has 0 radical (unpaired) electrons. The van der Waals surface area contributed by atoms with E-state index >= 15 is 0 Å². The molecule has 0 saturated carbocycles. The summed E-state index contributed by atoms with van der Waals surface area (Å²) in [6, 6.07) is 42.3. The molecule has 0 aliphatic carbocycles. The molecule has 8 aromatic rings. The summed E-state index contributed by atoms with van der Waals surface area (Å²) >= 11 is 0. The van der Waals surface area contributed by atoms with E-state index in [1.165, 1.54) is 21.4 Å². The molecule has 192 valence electrons. The second kappa shape index (κ2) is 7.78. The molecular formula is C36H20NO3P. The van der Waals surface area contributed by atoms with Crippen LogP contribution in [0.1, 0.15) is 0 Å². The first-order chi connectivity index (χ1) is 20.3. The monoisotopic (exact) mass is 545 g/mol. The van der Waals surface area contributed by atoms with Crippen LogP contribution in [-0.2, 0) is 0 Å². The number of fused-ring (bicyclic) bond motifs is 11. The highest BCUT2D eigenvalue weighted by molar-refractivity contribution is 7.81. The van der Waals surface area contributed by atoms with Crippen LogP contribution < -0.4 is 25.4 Å². The predicted molar refractivity (Wildman–Crippen MR) is 167 cm³/mol. The Balaban J connectivity index is 1.30. The SMILES string of the molecule is c1ccc2c(c1)Oc1cc(-n3c4ccccc4c4ccccc43)cc3c1P2c1c(ccc2oc4ccccc4c12)O3. The Morgan fingerprint density at radius 2 is 1.12 bits per heavy atom. The van der Waals surface area contributed by atoms with E-state index in [1.54, 1.807) is 0 Å². The van der Waals surface area contributed by atoms with Gasteiger partial charge in [0, 0.05) is 52.2 Å². The fourth-order valence-corrected chi connectivity index (χ4v) is 9.41. The van der Waals surface area contributed by atoms with Crippen molar-refractivity contribution in [1.29, 1.82) is 0 Å². The van der Waals surface area contributed by atoms with Crippen LogP contribution in [0.15, 0.2) is 126 Å². The molecule has 0 saturated heterocycles. The van der Waals surface area contributed by atoms with Gasteiger partial charge in [0.25, 0.3) is 0 Å². The van der Waals surface area contributed by atoms with Crippen LogP contribution in [0.25, 0.3) is 49.4 Å². The fourth-order valence-electron chi connectivity index (χ4n) is 6.68. The van der Waals surface area contributed by atoms with Crippen molar-refractivity contribution in [2.75, 3.05) is 0 Å². The molecule has 0 amide bonds. The van der Waals surface area contributed by atoms with Gasteiger partial charge in [-0.15, -0.1) is 0 Å². The maximum absolute atomic E-state index is 6.81. The van der Waals surface area contributed by atoms with E-state index in [4.69, 9.17) is 13.9 Å². The number of ether oxygens (including phenoxy) is 2. The Kier molecular flexibility index (Phi) is 4.12. The molecule has 4 nitrogen and oxygen atoms in total. The van der Waals surface area contributed by atoms with Gasteiger partial charge in [0.05, 0.1) is 22.0 Å². The zero-order valence-electron chi connectivity index (χ0n) is 21.7. The van der Waals surface area contributed by atoms with E-state index in [9.17, 15) is 0 Å². The summed E-state index contributed by atoms with van der Waals surface area (Å²) in [6.45, 7) is 0. The van der Waals surface area contributed by atoms with Crippen molar-refractivity contribution in [1.82, 2.24) is 4.57 Å². The summed E-state index contributed by atoms with van der Waals surface area (Å²) in [5.41, 5.74) is 5.10. The van der Waals surface area contributed by atoms with Gasteiger partial charge in [0.2, 0.25) is 0 Å². The van der Waals surface area contributed by atoms with E-state index in [0.29, 0.717) is 0 Å². The molecule has 10 rings (SSSR count). The highest BCUT2D eigenvalue weighted by atomic mass is 31.1. The first-order valence-corrected chi connectivity index (χ1v) is 15.0. The van der Waals surface area contributed by atoms with Crippen molar-refractivity contribution in [3.05, 3.63) is 121 Å². The molecule has 2 aliphatic rings. The van der Waals surface area contributed by atoms with Gasteiger partial charge in [-0.2, -0.15) is 0 Å². The summed E-state index contributed by atoms with van der Waals surface area (Å²) < 4.78 is 22.1. The van der Waals surface area contributed by atoms with Gasteiger partial charge in [-0.1, -0.05) is 72.8 Å². The lowest BCUT2D eigenvalue weighted by Gasteiger charge is -2.35. The summed E-state index contributed by atoms with van der Waals surface area (Å²) in [4.78, 5) is 0. The molecule has 1 unspecified atom stereocenters. The minimum absolute atomic E-state index is 0.847. The van der Waals surface area contributed by atoms with E-state index in [1.807, 2.05) is 24.3 Å². The largest absolute Gasteiger partial charge is 0.456 e. The van der Waals surface area contributed by atoms with Crippen LogP contribution in [0.3, 0.4) is 0 Å². The van der Waals surface area contributed by atoms with Gasteiger partial charge < -0.3 is 18.5 Å². The minimum Gasteiger partial charge on any atom is -0.456 e. The number of hydrogen-bond donors (Lipinski definition) is 0. The number of aromatic nitrogens is 1. The highest BCUT2D eigenvalue weighted by Crippen LogP contribution is 2.55. The van der Waals surface area contributed by atoms with Gasteiger partial charge in [-0.25, -0.2) is 0 Å². The Morgan fingerprint density at radius 1 is 0.488 bits per heavy atom. The van der Waals surface area contributed by atoms with Crippen LogP contribution >= 0.6 is 7.92 Å². The topological polar surface area (TPSA) is 36.5 Å². The lowest BCUT2D eigenvalue weighted by atomic mass is 10.1. The highest BCUT2D eigenvalue weighted by Gasteiger charge is 2.39. The molecule has 0 bridgehead atoms. The van der Waals surface area contributed by atoms with Crippen molar-refractivity contribution in [3.8, 4) is 28.7 Å². The first-order valence-electron chi connectivity index (χ1n) is 13.7. The zero-order chi connectivity index (χ0) is 26.7. The molecule has 4 heterocycles. The molecule has 0 spiro atoms. The van der Waals surface area contributed by atoms with Gasteiger partial charge in [0.15, 0.2) is 0 Å². The van der Waals surface area contributed by atoms with Gasteiger partial charge in [-0.3, -0.25) is 0 Å². The first kappa shape index (κ1) is 21.7. The maximum atomic E-state index is 6.81. The molecule has 41 heavy (non-hydrogen) atoms. The third-order valence-electron chi connectivity index (χ3n) is 8.34. The Hall–Kier alpha value is -5.05. The average Bonchev–Trinajstić information content (AvgIpc) is 3.57.